The second kappa shape index (κ2) is 8.28. The molecular weight excluding hydrogens is 180 g/mol. The van der Waals surface area contributed by atoms with Gasteiger partial charge in [0.15, 0.2) is 0 Å². The van der Waals surface area contributed by atoms with Crippen LogP contribution >= 0.6 is 0 Å². The van der Waals surface area contributed by atoms with Crippen molar-refractivity contribution in [1.82, 2.24) is 0 Å². The van der Waals surface area contributed by atoms with Crippen LogP contribution in [0.25, 0.3) is 0 Å². The number of aryl methyl sites for hydroxylation is 2. The van der Waals surface area contributed by atoms with Crippen molar-refractivity contribution in [3.05, 3.63) is 47.0 Å². The van der Waals surface area contributed by atoms with Gasteiger partial charge in [-0.1, -0.05) is 60.9 Å². The van der Waals surface area contributed by atoms with Crippen LogP contribution in [0.1, 0.15) is 44.7 Å². The van der Waals surface area contributed by atoms with Crippen molar-refractivity contribution in [2.75, 3.05) is 0 Å². The second-order valence-electron chi connectivity index (χ2n) is 3.97. The SMILES string of the molecule is CC/C=C(/C)CC.Cc1ccc(C)cc1. The van der Waals surface area contributed by atoms with Crippen LogP contribution in [0, 0.1) is 13.8 Å². The van der Waals surface area contributed by atoms with Gasteiger partial charge in [0.25, 0.3) is 0 Å². The number of benzene rings is 1. The number of rotatable bonds is 2. The molecule has 0 amide bonds. The maximum Gasteiger partial charge on any atom is -0.0352 e. The van der Waals surface area contributed by atoms with Crippen LogP contribution < -0.4 is 0 Å². The fourth-order valence-electron chi connectivity index (χ4n) is 1.13. The minimum atomic E-state index is 1.18. The Hall–Kier alpha value is -1.04. The monoisotopic (exact) mass is 204 g/mol. The van der Waals surface area contributed by atoms with Gasteiger partial charge in [-0.15, -0.1) is 0 Å². The van der Waals surface area contributed by atoms with Gasteiger partial charge in [-0.3, -0.25) is 0 Å². The molecule has 0 aliphatic rings. The molecule has 84 valence electrons. The van der Waals surface area contributed by atoms with Gasteiger partial charge in [0, 0.05) is 0 Å². The summed E-state index contributed by atoms with van der Waals surface area (Å²) in [4.78, 5) is 0. The Morgan fingerprint density at radius 1 is 1.00 bits per heavy atom. The lowest BCUT2D eigenvalue weighted by Crippen LogP contribution is -1.70. The van der Waals surface area contributed by atoms with Crippen molar-refractivity contribution in [2.45, 2.75) is 47.5 Å². The average Bonchev–Trinajstić information content (AvgIpc) is 2.24. The molecule has 1 rings (SSSR count). The quantitative estimate of drug-likeness (QED) is 0.591. The third kappa shape index (κ3) is 7.99. The molecule has 0 bridgehead atoms. The van der Waals surface area contributed by atoms with E-state index in [0.29, 0.717) is 0 Å². The van der Waals surface area contributed by atoms with Crippen molar-refractivity contribution in [2.24, 2.45) is 0 Å². The Morgan fingerprint density at radius 3 is 1.60 bits per heavy atom. The molecule has 0 aliphatic carbocycles. The molecule has 0 nitrogen and oxygen atoms in total. The molecule has 1 aromatic carbocycles. The molecule has 0 saturated heterocycles. The summed E-state index contributed by atoms with van der Waals surface area (Å²) in [7, 11) is 0. The Morgan fingerprint density at radius 2 is 1.40 bits per heavy atom. The predicted octanol–water partition coefficient (Wildman–Crippen LogP) is 5.06. The summed E-state index contributed by atoms with van der Waals surface area (Å²) in [6.45, 7) is 10.7. The van der Waals surface area contributed by atoms with Gasteiger partial charge in [0.2, 0.25) is 0 Å². The van der Waals surface area contributed by atoms with Crippen LogP contribution in [-0.4, -0.2) is 0 Å². The van der Waals surface area contributed by atoms with Gasteiger partial charge in [0.1, 0.15) is 0 Å². The minimum Gasteiger partial charge on any atom is -0.0859 e. The smallest absolute Gasteiger partial charge is 0.0352 e. The number of hydrogen-bond donors (Lipinski definition) is 0. The van der Waals surface area contributed by atoms with E-state index in [1.807, 2.05) is 0 Å². The fourth-order valence-corrected chi connectivity index (χ4v) is 1.13. The summed E-state index contributed by atoms with van der Waals surface area (Å²) in [5.74, 6) is 0. The lowest BCUT2D eigenvalue weighted by Gasteiger charge is -1.90. The third-order valence-corrected chi connectivity index (χ3v) is 2.33. The maximum absolute atomic E-state index is 2.26. The van der Waals surface area contributed by atoms with Crippen molar-refractivity contribution < 1.29 is 0 Å². The van der Waals surface area contributed by atoms with Crippen LogP contribution in [0.15, 0.2) is 35.9 Å². The molecule has 15 heavy (non-hydrogen) atoms. The Bertz CT molecular complexity index is 256. The zero-order valence-corrected chi connectivity index (χ0v) is 10.8. The van der Waals surface area contributed by atoms with Crippen LogP contribution in [0.4, 0.5) is 0 Å². The molecule has 0 heterocycles. The zero-order chi connectivity index (χ0) is 11.7. The van der Waals surface area contributed by atoms with Crippen LogP contribution in [0.5, 0.6) is 0 Å². The highest BCUT2D eigenvalue weighted by molar-refractivity contribution is 5.19. The van der Waals surface area contributed by atoms with Crippen molar-refractivity contribution >= 4 is 0 Å². The summed E-state index contributed by atoms with van der Waals surface area (Å²) in [6.07, 6.45) is 4.65. The summed E-state index contributed by atoms with van der Waals surface area (Å²) in [5, 5.41) is 0. The molecule has 0 atom stereocenters. The standard InChI is InChI=1S/C8H10.C7H14/c1-7-3-5-8(2)6-4-7;1-4-6-7(3)5-2/h3-6H,1-2H3;6H,4-5H2,1-3H3/b;7-6-. The molecule has 0 radical (unpaired) electrons. The molecule has 1 aromatic rings. The summed E-state index contributed by atoms with van der Waals surface area (Å²) >= 11 is 0. The fraction of sp³-hybridized carbons (Fsp3) is 0.467. The molecule has 0 aromatic heterocycles. The highest BCUT2D eigenvalue weighted by Gasteiger charge is 1.79. The first-order valence-electron chi connectivity index (χ1n) is 5.79. The molecule has 0 aliphatic heterocycles. The topological polar surface area (TPSA) is 0 Å². The van der Waals surface area contributed by atoms with Gasteiger partial charge in [-0.2, -0.15) is 0 Å². The third-order valence-electron chi connectivity index (χ3n) is 2.33. The van der Waals surface area contributed by atoms with Crippen LogP contribution in [0.2, 0.25) is 0 Å². The van der Waals surface area contributed by atoms with E-state index in [1.165, 1.54) is 29.5 Å². The largest absolute Gasteiger partial charge is 0.0859 e. The molecule has 0 fully saturated rings. The Balaban J connectivity index is 0.000000265. The molecule has 0 unspecified atom stereocenters. The van der Waals surface area contributed by atoms with Crippen LogP contribution in [0.3, 0.4) is 0 Å². The van der Waals surface area contributed by atoms with E-state index >= 15 is 0 Å². The molecule has 0 spiro atoms. The Labute approximate surface area is 95.0 Å². The number of allylic oxidation sites excluding steroid dienone is 2. The molecule has 0 saturated carbocycles. The van der Waals surface area contributed by atoms with Crippen molar-refractivity contribution in [3.63, 3.8) is 0 Å². The summed E-state index contributed by atoms with van der Waals surface area (Å²) < 4.78 is 0. The van der Waals surface area contributed by atoms with E-state index in [4.69, 9.17) is 0 Å². The van der Waals surface area contributed by atoms with Gasteiger partial charge >= 0.3 is 0 Å². The first kappa shape index (κ1) is 14.0. The second-order valence-corrected chi connectivity index (χ2v) is 3.97. The van der Waals surface area contributed by atoms with Gasteiger partial charge in [-0.05, 0) is 33.6 Å². The van der Waals surface area contributed by atoms with E-state index in [-0.39, 0.29) is 0 Å². The zero-order valence-electron chi connectivity index (χ0n) is 10.8. The molecule has 0 heteroatoms. The highest BCUT2D eigenvalue weighted by atomic mass is 13.9. The average molecular weight is 204 g/mol. The highest BCUT2D eigenvalue weighted by Crippen LogP contribution is 1.99. The van der Waals surface area contributed by atoms with E-state index in [2.05, 4.69) is 65.0 Å². The molecule has 0 N–H and O–H groups in total. The first-order chi connectivity index (χ1) is 7.10. The summed E-state index contributed by atoms with van der Waals surface area (Å²) in [5.41, 5.74) is 4.16. The Kier molecular flexibility index (Phi) is 7.71. The van der Waals surface area contributed by atoms with Crippen LogP contribution in [-0.2, 0) is 0 Å². The minimum absolute atomic E-state index is 1.18. The van der Waals surface area contributed by atoms with Crippen molar-refractivity contribution in [3.8, 4) is 0 Å². The van der Waals surface area contributed by atoms with E-state index in [1.54, 1.807) is 0 Å². The van der Waals surface area contributed by atoms with Gasteiger partial charge in [-0.25, -0.2) is 0 Å². The maximum atomic E-state index is 2.26. The van der Waals surface area contributed by atoms with Gasteiger partial charge < -0.3 is 0 Å². The lowest BCUT2D eigenvalue weighted by molar-refractivity contribution is 1.06. The van der Waals surface area contributed by atoms with E-state index < -0.39 is 0 Å². The lowest BCUT2D eigenvalue weighted by atomic mass is 10.2. The number of hydrogen-bond acceptors (Lipinski definition) is 0. The molecular formula is C15H24. The normalized spacial score (nSPS) is 10.6. The van der Waals surface area contributed by atoms with E-state index in [0.717, 1.165) is 0 Å². The van der Waals surface area contributed by atoms with Crippen molar-refractivity contribution in [1.29, 1.82) is 0 Å². The van der Waals surface area contributed by atoms with E-state index in [9.17, 15) is 0 Å². The summed E-state index contributed by atoms with van der Waals surface area (Å²) in [6, 6.07) is 8.48. The predicted molar refractivity (Wildman–Crippen MR) is 70.3 cm³/mol. The first-order valence-corrected chi connectivity index (χ1v) is 5.79. The van der Waals surface area contributed by atoms with Gasteiger partial charge in [0.05, 0.1) is 0 Å².